The Kier molecular flexibility index (Phi) is 9.55. The molecule has 0 amide bonds. The van der Waals surface area contributed by atoms with Gasteiger partial charge < -0.3 is 18.9 Å². The minimum Gasteiger partial charge on any atom is -0.491 e. The van der Waals surface area contributed by atoms with Gasteiger partial charge in [-0.25, -0.2) is 0 Å². The van der Waals surface area contributed by atoms with Crippen LogP contribution in [0.1, 0.15) is 35.4 Å². The Morgan fingerprint density at radius 3 is 1.34 bits per heavy atom. The van der Waals surface area contributed by atoms with E-state index in [0.717, 1.165) is 69.7 Å². The molecule has 44 heavy (non-hydrogen) atoms. The average Bonchev–Trinajstić information content (AvgIpc) is 3.07. The topological polar surface area (TPSA) is 74.5 Å². The number of ether oxygens (including phenoxy) is 4. The van der Waals surface area contributed by atoms with Crippen LogP contribution >= 0.6 is 0 Å². The molecule has 0 atom stereocenters. The number of aromatic nitrogens is 1. The molecule has 0 saturated heterocycles. The van der Waals surface area contributed by atoms with Crippen LogP contribution in [0.5, 0.6) is 23.0 Å². The van der Waals surface area contributed by atoms with E-state index in [0.29, 0.717) is 26.4 Å². The summed E-state index contributed by atoms with van der Waals surface area (Å²) in [6.07, 6.45) is 5.28. The van der Waals surface area contributed by atoms with Crippen LogP contribution in [-0.2, 0) is 13.2 Å². The number of para-hydroxylation sites is 6. The number of benzene rings is 4. The average molecular weight is 584 g/mol. The lowest BCUT2D eigenvalue weighted by Gasteiger charge is -2.11. The number of fused-ring (bicyclic) bond motifs is 6. The molecule has 1 aliphatic rings. The first-order valence-corrected chi connectivity index (χ1v) is 14.7. The summed E-state index contributed by atoms with van der Waals surface area (Å²) in [5, 5.41) is 0. The molecule has 0 N–H and O–H groups in total. The molecule has 1 aliphatic heterocycles. The van der Waals surface area contributed by atoms with Crippen LogP contribution < -0.4 is 18.9 Å². The van der Waals surface area contributed by atoms with Gasteiger partial charge in [0.15, 0.2) is 0 Å². The van der Waals surface area contributed by atoms with Gasteiger partial charge in [-0.1, -0.05) is 54.6 Å². The number of pyridine rings is 1. The summed E-state index contributed by atoms with van der Waals surface area (Å²) in [5.74, 6) is 2.91. The third-order valence-electron chi connectivity index (χ3n) is 6.92. The van der Waals surface area contributed by atoms with Gasteiger partial charge in [-0.15, -0.1) is 0 Å². The number of rotatable bonds is 0. The van der Waals surface area contributed by atoms with Crippen LogP contribution in [-0.4, -0.2) is 30.6 Å². The zero-order valence-corrected chi connectivity index (χ0v) is 24.3. The normalized spacial score (nSPS) is 13.9. The highest BCUT2D eigenvalue weighted by Gasteiger charge is 2.08. The van der Waals surface area contributed by atoms with Crippen molar-refractivity contribution in [3.05, 3.63) is 138 Å². The summed E-state index contributed by atoms with van der Waals surface area (Å²) < 4.78 is 24.6. The van der Waals surface area contributed by atoms with E-state index in [1.807, 2.05) is 128 Å². The van der Waals surface area contributed by atoms with Crippen molar-refractivity contribution < 1.29 is 18.9 Å². The van der Waals surface area contributed by atoms with Gasteiger partial charge in [-0.3, -0.25) is 15.0 Å². The fraction of sp³-hybridized carbons (Fsp3) is 0.162. The number of hydrogen-bond acceptors (Lipinski definition) is 7. The molecule has 7 heteroatoms. The van der Waals surface area contributed by atoms with Gasteiger partial charge in [-0.05, 0) is 73.5 Å². The SMILES string of the molecule is C1=Nc2ccccc2OCCCCOc2ccccc2N=Cc2ccccc2OCc2cccc(n2)COc2ccccc21. The Morgan fingerprint density at radius 2 is 0.841 bits per heavy atom. The summed E-state index contributed by atoms with van der Waals surface area (Å²) in [6, 6.07) is 37.1. The van der Waals surface area contributed by atoms with Crippen molar-refractivity contribution in [2.24, 2.45) is 9.98 Å². The van der Waals surface area contributed by atoms with E-state index in [-0.39, 0.29) is 0 Å². The van der Waals surface area contributed by atoms with Crippen molar-refractivity contribution in [2.45, 2.75) is 26.1 Å². The highest BCUT2D eigenvalue weighted by atomic mass is 16.5. The van der Waals surface area contributed by atoms with Gasteiger partial charge >= 0.3 is 0 Å². The highest BCUT2D eigenvalue weighted by Crippen LogP contribution is 2.29. The lowest BCUT2D eigenvalue weighted by molar-refractivity contribution is 0.267. The fourth-order valence-corrected chi connectivity index (χ4v) is 4.65. The largest absolute Gasteiger partial charge is 0.491 e. The van der Waals surface area contributed by atoms with Crippen LogP contribution in [0, 0.1) is 0 Å². The Morgan fingerprint density at radius 1 is 0.409 bits per heavy atom. The van der Waals surface area contributed by atoms with E-state index in [2.05, 4.69) is 0 Å². The summed E-state index contributed by atoms with van der Waals surface area (Å²) >= 11 is 0. The molecular weight excluding hydrogens is 550 g/mol. The monoisotopic (exact) mass is 583 g/mol. The minimum atomic E-state index is 0.309. The third kappa shape index (κ3) is 7.69. The first kappa shape index (κ1) is 28.7. The molecular formula is C37H33N3O4. The predicted molar refractivity (Wildman–Crippen MR) is 173 cm³/mol. The van der Waals surface area contributed by atoms with Crippen molar-refractivity contribution in [2.75, 3.05) is 13.2 Å². The van der Waals surface area contributed by atoms with Gasteiger partial charge in [0.05, 0.1) is 24.6 Å². The van der Waals surface area contributed by atoms with E-state index in [1.165, 1.54) is 0 Å². The van der Waals surface area contributed by atoms with Crippen molar-refractivity contribution in [1.82, 2.24) is 4.98 Å². The molecule has 0 saturated carbocycles. The predicted octanol–water partition coefficient (Wildman–Crippen LogP) is 8.29. The van der Waals surface area contributed by atoms with Gasteiger partial charge in [-0.2, -0.15) is 0 Å². The summed E-state index contributed by atoms with van der Waals surface area (Å²) in [7, 11) is 0. The van der Waals surface area contributed by atoms with Gasteiger partial charge in [0.2, 0.25) is 0 Å². The molecule has 2 heterocycles. The molecule has 220 valence electrons. The van der Waals surface area contributed by atoms with E-state index in [9.17, 15) is 0 Å². The fourth-order valence-electron chi connectivity index (χ4n) is 4.65. The standard InChI is InChI=1S/C37H33N3O4/c1-5-18-34-28(12-1)24-38-32-16-3-7-20-36(32)41-22-9-10-23-42-37-21-8-4-17-33(37)39-25-29-13-2-6-19-35(29)44-27-31-15-11-14-30(40-31)26-43-34/h1-8,11-21,24-25H,9-10,22-23,26-27H2. The molecule has 1 aromatic heterocycles. The Balaban J connectivity index is 1.27. The molecule has 7 nitrogen and oxygen atoms in total. The Bertz CT molecular complexity index is 1630. The first-order valence-electron chi connectivity index (χ1n) is 14.7. The molecule has 0 radical (unpaired) electrons. The Labute approximate surface area is 257 Å². The second-order valence-electron chi connectivity index (χ2n) is 10.1. The number of nitrogens with zero attached hydrogens (tertiary/aromatic N) is 3. The zero-order valence-electron chi connectivity index (χ0n) is 24.3. The minimum absolute atomic E-state index is 0.309. The maximum absolute atomic E-state index is 6.19. The molecule has 0 aliphatic carbocycles. The maximum Gasteiger partial charge on any atom is 0.144 e. The summed E-state index contributed by atoms with van der Waals surface area (Å²) in [5.41, 5.74) is 4.84. The summed E-state index contributed by atoms with van der Waals surface area (Å²) in [4.78, 5) is 14.2. The van der Waals surface area contributed by atoms with Gasteiger partial charge in [0.1, 0.15) is 47.6 Å². The van der Waals surface area contributed by atoms with Crippen molar-refractivity contribution in [3.63, 3.8) is 0 Å². The van der Waals surface area contributed by atoms with E-state index in [4.69, 9.17) is 33.9 Å². The number of aliphatic imine (C=N–C) groups is 2. The second kappa shape index (κ2) is 14.6. The van der Waals surface area contributed by atoms with Crippen LogP contribution in [0.2, 0.25) is 0 Å². The van der Waals surface area contributed by atoms with Crippen molar-refractivity contribution in [3.8, 4) is 23.0 Å². The number of hydrogen-bond donors (Lipinski definition) is 0. The molecule has 6 rings (SSSR count). The maximum atomic E-state index is 6.19. The lowest BCUT2D eigenvalue weighted by Crippen LogP contribution is -2.05. The van der Waals surface area contributed by atoms with Crippen LogP contribution in [0.15, 0.2) is 125 Å². The smallest absolute Gasteiger partial charge is 0.144 e. The first-order chi connectivity index (χ1) is 21.8. The summed E-state index contributed by atoms with van der Waals surface area (Å²) in [6.45, 7) is 1.72. The third-order valence-corrected chi connectivity index (χ3v) is 6.92. The highest BCUT2D eigenvalue weighted by molar-refractivity contribution is 5.86. The zero-order chi connectivity index (χ0) is 29.8. The van der Waals surface area contributed by atoms with Gasteiger partial charge in [0, 0.05) is 23.6 Å². The van der Waals surface area contributed by atoms with Crippen LogP contribution in [0.3, 0.4) is 0 Å². The van der Waals surface area contributed by atoms with E-state index >= 15 is 0 Å². The van der Waals surface area contributed by atoms with E-state index in [1.54, 1.807) is 0 Å². The molecule has 0 unspecified atom stereocenters. The quantitative estimate of drug-likeness (QED) is 0.183. The lowest BCUT2D eigenvalue weighted by atomic mass is 10.2. The van der Waals surface area contributed by atoms with Crippen LogP contribution in [0.25, 0.3) is 0 Å². The molecule has 2 bridgehead atoms. The van der Waals surface area contributed by atoms with E-state index < -0.39 is 0 Å². The second-order valence-corrected chi connectivity index (χ2v) is 10.1. The Hall–Kier alpha value is -5.43. The van der Waals surface area contributed by atoms with Crippen LogP contribution in [0.4, 0.5) is 11.4 Å². The molecule has 0 fully saturated rings. The van der Waals surface area contributed by atoms with Crippen molar-refractivity contribution in [1.29, 1.82) is 0 Å². The van der Waals surface area contributed by atoms with Gasteiger partial charge in [0.25, 0.3) is 0 Å². The molecule has 0 spiro atoms. The molecule has 5 aromatic rings. The van der Waals surface area contributed by atoms with Crippen molar-refractivity contribution >= 4 is 23.8 Å². The molecule has 4 aromatic carbocycles.